The molecule has 0 saturated heterocycles. The Morgan fingerprint density at radius 3 is 2.81 bits per heavy atom. The topological polar surface area (TPSA) is 116 Å². The van der Waals surface area contributed by atoms with E-state index >= 15 is 0 Å². The number of aromatic nitrogens is 3. The fraction of sp³-hybridized carbons (Fsp3) is 0.235. The average Bonchev–Trinajstić information content (AvgIpc) is 3.05. The molecule has 2 aromatic heterocycles. The molecule has 0 atom stereocenters. The summed E-state index contributed by atoms with van der Waals surface area (Å²) >= 11 is 0. The van der Waals surface area contributed by atoms with E-state index in [-0.39, 0.29) is 29.9 Å². The second-order valence-corrected chi connectivity index (χ2v) is 5.47. The molecule has 0 aliphatic rings. The summed E-state index contributed by atoms with van der Waals surface area (Å²) in [6.07, 6.45) is 1.17. The van der Waals surface area contributed by atoms with Crippen LogP contribution in [0.3, 0.4) is 0 Å². The van der Waals surface area contributed by atoms with Crippen LogP contribution in [0.5, 0.6) is 0 Å². The summed E-state index contributed by atoms with van der Waals surface area (Å²) in [7, 11) is 0. The first-order chi connectivity index (χ1) is 12.5. The van der Waals surface area contributed by atoms with E-state index in [1.807, 2.05) is 19.1 Å². The lowest BCUT2D eigenvalue weighted by molar-refractivity contribution is -0.116. The maximum Gasteiger partial charge on any atom is 0.361 e. The summed E-state index contributed by atoms with van der Waals surface area (Å²) in [5.74, 6) is -1.19. The number of amides is 1. The molecule has 134 valence electrons. The summed E-state index contributed by atoms with van der Waals surface area (Å²) in [5, 5.41) is 6.16. The quantitative estimate of drug-likeness (QED) is 0.689. The van der Waals surface area contributed by atoms with Crippen LogP contribution in [0.4, 0.5) is 5.69 Å². The summed E-state index contributed by atoms with van der Waals surface area (Å²) in [6.45, 7) is 3.34. The third kappa shape index (κ3) is 3.32. The molecule has 9 heteroatoms. The Bertz CT molecular complexity index is 1040. The molecule has 0 bridgehead atoms. The van der Waals surface area contributed by atoms with Crippen molar-refractivity contribution >= 4 is 28.7 Å². The van der Waals surface area contributed by atoms with Gasteiger partial charge in [0, 0.05) is 5.69 Å². The highest BCUT2D eigenvalue weighted by Crippen LogP contribution is 2.14. The normalized spacial score (nSPS) is 10.7. The van der Waals surface area contributed by atoms with Crippen LogP contribution < -0.4 is 10.9 Å². The predicted molar refractivity (Wildman–Crippen MR) is 91.8 cm³/mol. The first-order valence-corrected chi connectivity index (χ1v) is 7.88. The standard InChI is InChI=1S/C17H16N4O5/c1-3-25-17(24)14-13-15(26-20-14)18-9-21(16(13)23)8-12(22)19-11-7-5-4-6-10(11)2/h4-7,9H,3,8H2,1-2H3,(H,19,22). The molecule has 0 saturated carbocycles. The number of esters is 1. The lowest BCUT2D eigenvalue weighted by Crippen LogP contribution is -2.28. The second kappa shape index (κ2) is 7.18. The smallest absolute Gasteiger partial charge is 0.361 e. The lowest BCUT2D eigenvalue weighted by atomic mass is 10.2. The van der Waals surface area contributed by atoms with E-state index in [1.165, 1.54) is 6.33 Å². The van der Waals surface area contributed by atoms with Crippen LogP contribution in [0, 0.1) is 6.92 Å². The Morgan fingerprint density at radius 2 is 2.08 bits per heavy atom. The van der Waals surface area contributed by atoms with Crippen LogP contribution in [0.2, 0.25) is 0 Å². The second-order valence-electron chi connectivity index (χ2n) is 5.47. The van der Waals surface area contributed by atoms with Crippen molar-refractivity contribution in [2.24, 2.45) is 0 Å². The van der Waals surface area contributed by atoms with Gasteiger partial charge in [0.2, 0.25) is 11.6 Å². The molecule has 0 fully saturated rings. The number of rotatable bonds is 5. The lowest BCUT2D eigenvalue weighted by Gasteiger charge is -2.09. The van der Waals surface area contributed by atoms with Crippen LogP contribution in [0.25, 0.3) is 11.1 Å². The summed E-state index contributed by atoms with van der Waals surface area (Å²) < 4.78 is 10.8. The number of carbonyl (C=O) groups excluding carboxylic acids is 2. The number of fused-ring (bicyclic) bond motifs is 1. The van der Waals surface area contributed by atoms with Crippen molar-refractivity contribution in [2.75, 3.05) is 11.9 Å². The number of nitrogens with one attached hydrogen (secondary N) is 1. The van der Waals surface area contributed by atoms with Gasteiger partial charge in [0.05, 0.1) is 6.61 Å². The number of hydrogen-bond donors (Lipinski definition) is 1. The summed E-state index contributed by atoms with van der Waals surface area (Å²) in [4.78, 5) is 40.7. The molecule has 0 aliphatic carbocycles. The van der Waals surface area contributed by atoms with Crippen molar-refractivity contribution in [1.82, 2.24) is 14.7 Å². The predicted octanol–water partition coefficient (Wildman–Crippen LogP) is 1.51. The molecular weight excluding hydrogens is 340 g/mol. The van der Waals surface area contributed by atoms with Gasteiger partial charge >= 0.3 is 5.97 Å². The minimum atomic E-state index is -0.785. The van der Waals surface area contributed by atoms with Gasteiger partial charge in [-0.05, 0) is 25.5 Å². The molecule has 26 heavy (non-hydrogen) atoms. The van der Waals surface area contributed by atoms with Crippen molar-refractivity contribution in [3.8, 4) is 0 Å². The van der Waals surface area contributed by atoms with Crippen molar-refractivity contribution in [3.63, 3.8) is 0 Å². The molecule has 2 heterocycles. The number of ether oxygens (including phenoxy) is 1. The largest absolute Gasteiger partial charge is 0.461 e. The Kier molecular flexibility index (Phi) is 4.78. The molecule has 9 nitrogen and oxygen atoms in total. The molecule has 0 spiro atoms. The van der Waals surface area contributed by atoms with Gasteiger partial charge in [-0.15, -0.1) is 0 Å². The fourth-order valence-corrected chi connectivity index (χ4v) is 2.39. The fourth-order valence-electron chi connectivity index (χ4n) is 2.39. The zero-order chi connectivity index (χ0) is 18.7. The van der Waals surface area contributed by atoms with Gasteiger partial charge in [-0.25, -0.2) is 9.78 Å². The van der Waals surface area contributed by atoms with Crippen molar-refractivity contribution in [1.29, 1.82) is 0 Å². The van der Waals surface area contributed by atoms with Crippen LogP contribution in [0.1, 0.15) is 23.0 Å². The number of para-hydroxylation sites is 1. The molecular formula is C17H16N4O5. The van der Waals surface area contributed by atoms with Gasteiger partial charge in [0.1, 0.15) is 18.3 Å². The van der Waals surface area contributed by atoms with Gasteiger partial charge in [-0.3, -0.25) is 14.2 Å². The van der Waals surface area contributed by atoms with Gasteiger partial charge in [-0.1, -0.05) is 23.4 Å². The molecule has 1 N–H and O–H groups in total. The monoisotopic (exact) mass is 356 g/mol. The Labute approximate surface area is 147 Å². The van der Waals surface area contributed by atoms with Crippen molar-refractivity contribution in [3.05, 3.63) is 52.2 Å². The number of hydrogen-bond acceptors (Lipinski definition) is 7. The molecule has 0 unspecified atom stereocenters. The first-order valence-electron chi connectivity index (χ1n) is 7.88. The molecule has 3 aromatic rings. The number of anilines is 1. The molecule has 0 aliphatic heterocycles. The van der Waals surface area contributed by atoms with E-state index in [9.17, 15) is 14.4 Å². The van der Waals surface area contributed by atoms with E-state index in [0.717, 1.165) is 10.1 Å². The SMILES string of the molecule is CCOC(=O)c1noc2ncn(CC(=O)Nc3ccccc3C)c(=O)c12. The highest BCUT2D eigenvalue weighted by molar-refractivity contribution is 5.99. The summed E-state index contributed by atoms with van der Waals surface area (Å²) in [6, 6.07) is 7.27. The van der Waals surface area contributed by atoms with Gasteiger partial charge in [0.15, 0.2) is 0 Å². The number of carbonyl (C=O) groups is 2. The van der Waals surface area contributed by atoms with Gasteiger partial charge in [0.25, 0.3) is 11.3 Å². The van der Waals surface area contributed by atoms with E-state index < -0.39 is 17.4 Å². The van der Waals surface area contributed by atoms with Crippen LogP contribution in [-0.4, -0.2) is 33.2 Å². The third-order valence-electron chi connectivity index (χ3n) is 3.67. The van der Waals surface area contributed by atoms with E-state index in [4.69, 9.17) is 9.26 Å². The number of nitrogens with zero attached hydrogens (tertiary/aromatic N) is 3. The van der Waals surface area contributed by atoms with Crippen molar-refractivity contribution < 1.29 is 18.8 Å². The Morgan fingerprint density at radius 1 is 1.31 bits per heavy atom. The first kappa shape index (κ1) is 17.3. The highest BCUT2D eigenvalue weighted by Gasteiger charge is 2.22. The van der Waals surface area contributed by atoms with Crippen LogP contribution in [-0.2, 0) is 16.1 Å². The summed E-state index contributed by atoms with van der Waals surface area (Å²) in [5.41, 5.74) is 0.586. The van der Waals surface area contributed by atoms with E-state index in [0.29, 0.717) is 5.69 Å². The van der Waals surface area contributed by atoms with E-state index in [1.54, 1.807) is 19.1 Å². The maximum absolute atomic E-state index is 12.6. The third-order valence-corrected chi connectivity index (χ3v) is 3.67. The van der Waals surface area contributed by atoms with Crippen LogP contribution >= 0.6 is 0 Å². The maximum atomic E-state index is 12.6. The van der Waals surface area contributed by atoms with E-state index in [2.05, 4.69) is 15.5 Å². The van der Waals surface area contributed by atoms with Crippen molar-refractivity contribution in [2.45, 2.75) is 20.4 Å². The number of benzene rings is 1. The molecule has 0 radical (unpaired) electrons. The minimum Gasteiger partial charge on any atom is -0.461 e. The van der Waals surface area contributed by atoms with Crippen LogP contribution in [0.15, 0.2) is 39.9 Å². The number of aryl methyl sites for hydroxylation is 1. The zero-order valence-corrected chi connectivity index (χ0v) is 14.2. The van der Waals surface area contributed by atoms with Gasteiger partial charge < -0.3 is 14.6 Å². The highest BCUT2D eigenvalue weighted by atomic mass is 16.5. The molecule has 3 rings (SSSR count). The van der Waals surface area contributed by atoms with Gasteiger partial charge in [-0.2, -0.15) is 0 Å². The molecule has 1 amide bonds. The Balaban J connectivity index is 1.89. The zero-order valence-electron chi connectivity index (χ0n) is 14.2. The minimum absolute atomic E-state index is 0.0892. The Hall–Kier alpha value is -3.49. The molecule has 1 aromatic carbocycles. The average molecular weight is 356 g/mol.